The number of hydrazine groups is 1. The minimum absolute atomic E-state index is 0.0418. The molecule has 0 saturated carbocycles. The average molecular weight is 431 g/mol. The highest BCUT2D eigenvalue weighted by molar-refractivity contribution is 7.89. The van der Waals surface area contributed by atoms with E-state index in [4.69, 9.17) is 15.9 Å². The van der Waals surface area contributed by atoms with Gasteiger partial charge in [-0.25, -0.2) is 8.42 Å². The standard InChI is InChI=1S/C20H21N3O6S/c1-4-12-21-30(26,27)16-9-6-14(7-10-16)19(24)22-23-20(25)15-8-11-17(29-5-2)18(13-15)28-3/h1,6-11,13,21H,5,12H2,2-3H3,(H,22,24)(H,23,25). The van der Waals surface area contributed by atoms with Crippen LogP contribution >= 0.6 is 0 Å². The number of carbonyl (C=O) groups is 2. The molecule has 2 rings (SSSR count). The van der Waals surface area contributed by atoms with Crippen molar-refractivity contribution in [1.82, 2.24) is 15.6 Å². The van der Waals surface area contributed by atoms with Crippen LogP contribution in [-0.2, 0) is 10.0 Å². The number of amides is 2. The topological polar surface area (TPSA) is 123 Å². The van der Waals surface area contributed by atoms with Gasteiger partial charge in [0, 0.05) is 11.1 Å². The predicted octanol–water partition coefficient (Wildman–Crippen LogP) is 1.08. The lowest BCUT2D eigenvalue weighted by atomic mass is 10.2. The van der Waals surface area contributed by atoms with Crippen molar-refractivity contribution in [1.29, 1.82) is 0 Å². The summed E-state index contributed by atoms with van der Waals surface area (Å²) in [6, 6.07) is 9.73. The molecule has 0 saturated heterocycles. The van der Waals surface area contributed by atoms with E-state index in [-0.39, 0.29) is 22.6 Å². The second-order valence-electron chi connectivity index (χ2n) is 5.76. The zero-order valence-corrected chi connectivity index (χ0v) is 17.2. The molecule has 3 N–H and O–H groups in total. The van der Waals surface area contributed by atoms with Gasteiger partial charge in [-0.3, -0.25) is 20.4 Å². The smallest absolute Gasteiger partial charge is 0.269 e. The summed E-state index contributed by atoms with van der Waals surface area (Å²) >= 11 is 0. The molecule has 158 valence electrons. The van der Waals surface area contributed by atoms with Gasteiger partial charge in [-0.1, -0.05) is 5.92 Å². The molecule has 2 aromatic carbocycles. The number of sulfonamides is 1. The van der Waals surface area contributed by atoms with E-state index < -0.39 is 21.8 Å². The first-order valence-electron chi connectivity index (χ1n) is 8.77. The summed E-state index contributed by atoms with van der Waals surface area (Å²) < 4.78 is 36.7. The molecular formula is C20H21N3O6S. The molecule has 0 unspecified atom stereocenters. The second kappa shape index (κ2) is 10.3. The maximum Gasteiger partial charge on any atom is 0.269 e. The van der Waals surface area contributed by atoms with Gasteiger partial charge in [0.05, 0.1) is 25.2 Å². The molecule has 0 bridgehead atoms. The number of methoxy groups -OCH3 is 1. The Bertz CT molecular complexity index is 1060. The summed E-state index contributed by atoms with van der Waals surface area (Å²) in [4.78, 5) is 24.4. The molecule has 0 spiro atoms. The van der Waals surface area contributed by atoms with Gasteiger partial charge >= 0.3 is 0 Å². The van der Waals surface area contributed by atoms with Gasteiger partial charge < -0.3 is 9.47 Å². The largest absolute Gasteiger partial charge is 0.493 e. The maximum atomic E-state index is 12.3. The molecule has 0 radical (unpaired) electrons. The van der Waals surface area contributed by atoms with Crippen LogP contribution < -0.4 is 25.0 Å². The molecule has 30 heavy (non-hydrogen) atoms. The van der Waals surface area contributed by atoms with Gasteiger partial charge in [-0.2, -0.15) is 4.72 Å². The molecule has 9 nitrogen and oxygen atoms in total. The van der Waals surface area contributed by atoms with Crippen LogP contribution in [0.25, 0.3) is 0 Å². The van der Waals surface area contributed by atoms with E-state index in [0.29, 0.717) is 18.1 Å². The van der Waals surface area contributed by atoms with E-state index in [1.807, 2.05) is 6.92 Å². The lowest BCUT2D eigenvalue weighted by Gasteiger charge is -2.12. The Balaban J connectivity index is 2.02. The van der Waals surface area contributed by atoms with Crippen molar-refractivity contribution >= 4 is 21.8 Å². The molecule has 0 aliphatic rings. The molecular weight excluding hydrogens is 410 g/mol. The van der Waals surface area contributed by atoms with Crippen LogP contribution in [0.1, 0.15) is 27.6 Å². The lowest BCUT2D eigenvalue weighted by molar-refractivity contribution is 0.0846. The summed E-state index contributed by atoms with van der Waals surface area (Å²) in [5.74, 6) is 1.85. The molecule has 0 aliphatic carbocycles. The Labute approximate surface area is 174 Å². The summed E-state index contributed by atoms with van der Waals surface area (Å²) in [5.41, 5.74) is 4.95. The van der Waals surface area contributed by atoms with E-state index >= 15 is 0 Å². The number of hydrogen-bond donors (Lipinski definition) is 3. The zero-order chi connectivity index (χ0) is 22.1. The molecule has 0 fully saturated rings. The van der Waals surface area contributed by atoms with Crippen LogP contribution in [0.3, 0.4) is 0 Å². The number of ether oxygens (including phenoxy) is 2. The third-order valence-electron chi connectivity index (χ3n) is 3.81. The highest BCUT2D eigenvalue weighted by atomic mass is 32.2. The number of benzene rings is 2. The second-order valence-corrected chi connectivity index (χ2v) is 7.53. The normalized spacial score (nSPS) is 10.6. The van der Waals surface area contributed by atoms with Gasteiger partial charge in [0.25, 0.3) is 11.8 Å². The Morgan fingerprint density at radius 3 is 2.17 bits per heavy atom. The SMILES string of the molecule is C#CCNS(=O)(=O)c1ccc(C(=O)NNC(=O)c2ccc(OCC)c(OC)c2)cc1. The lowest BCUT2D eigenvalue weighted by Crippen LogP contribution is -2.41. The van der Waals surface area contributed by atoms with Crippen molar-refractivity contribution in [2.75, 3.05) is 20.3 Å². The maximum absolute atomic E-state index is 12.3. The number of rotatable bonds is 8. The van der Waals surface area contributed by atoms with Crippen molar-refractivity contribution in [3.05, 3.63) is 53.6 Å². The number of terminal acetylenes is 1. The van der Waals surface area contributed by atoms with Gasteiger partial charge in [0.1, 0.15) is 0 Å². The van der Waals surface area contributed by atoms with E-state index in [1.54, 1.807) is 6.07 Å². The fourth-order valence-corrected chi connectivity index (χ4v) is 3.28. The monoisotopic (exact) mass is 431 g/mol. The Hall–Kier alpha value is -3.55. The first kappa shape index (κ1) is 22.7. The number of nitrogens with one attached hydrogen (secondary N) is 3. The molecule has 0 heterocycles. The van der Waals surface area contributed by atoms with Crippen LogP contribution in [0.15, 0.2) is 47.4 Å². The Morgan fingerprint density at radius 2 is 1.60 bits per heavy atom. The summed E-state index contributed by atoms with van der Waals surface area (Å²) in [6.07, 6.45) is 5.04. The van der Waals surface area contributed by atoms with Crippen molar-refractivity contribution in [3.8, 4) is 23.8 Å². The fourth-order valence-electron chi connectivity index (χ4n) is 2.35. The molecule has 2 aromatic rings. The third kappa shape index (κ3) is 5.73. The van der Waals surface area contributed by atoms with Crippen LogP contribution in [0.5, 0.6) is 11.5 Å². The summed E-state index contributed by atoms with van der Waals surface area (Å²) in [7, 11) is -2.31. The summed E-state index contributed by atoms with van der Waals surface area (Å²) in [5, 5.41) is 0. The van der Waals surface area contributed by atoms with Gasteiger partial charge in [0.2, 0.25) is 10.0 Å². The molecule has 0 atom stereocenters. The molecule has 10 heteroatoms. The van der Waals surface area contributed by atoms with Gasteiger partial charge in [-0.05, 0) is 49.4 Å². The minimum Gasteiger partial charge on any atom is -0.493 e. The predicted molar refractivity (Wildman–Crippen MR) is 110 cm³/mol. The van der Waals surface area contributed by atoms with Crippen LogP contribution in [0, 0.1) is 12.3 Å². The van der Waals surface area contributed by atoms with Gasteiger partial charge in [-0.15, -0.1) is 6.42 Å². The molecule has 2 amide bonds. The average Bonchev–Trinajstić information content (AvgIpc) is 2.76. The minimum atomic E-state index is -3.76. The zero-order valence-electron chi connectivity index (χ0n) is 16.4. The molecule has 0 aromatic heterocycles. The van der Waals surface area contributed by atoms with Crippen LogP contribution in [0.2, 0.25) is 0 Å². The van der Waals surface area contributed by atoms with Crippen LogP contribution in [-0.4, -0.2) is 40.5 Å². The van der Waals surface area contributed by atoms with Crippen molar-refractivity contribution in [2.45, 2.75) is 11.8 Å². The first-order valence-corrected chi connectivity index (χ1v) is 10.3. The third-order valence-corrected chi connectivity index (χ3v) is 5.22. The van der Waals surface area contributed by atoms with Gasteiger partial charge in [0.15, 0.2) is 11.5 Å². The molecule has 0 aliphatic heterocycles. The Kier molecular flexibility index (Phi) is 7.80. The quantitative estimate of drug-likeness (QED) is 0.425. The van der Waals surface area contributed by atoms with Crippen molar-refractivity contribution < 1.29 is 27.5 Å². The first-order chi connectivity index (χ1) is 14.3. The van der Waals surface area contributed by atoms with E-state index in [0.717, 1.165) is 0 Å². The fraction of sp³-hybridized carbons (Fsp3) is 0.200. The number of hydrogen-bond acceptors (Lipinski definition) is 6. The van der Waals surface area contributed by atoms with Crippen molar-refractivity contribution in [2.24, 2.45) is 0 Å². The highest BCUT2D eigenvalue weighted by Gasteiger charge is 2.15. The highest BCUT2D eigenvalue weighted by Crippen LogP contribution is 2.27. The van der Waals surface area contributed by atoms with Crippen LogP contribution in [0.4, 0.5) is 0 Å². The van der Waals surface area contributed by atoms with Crippen molar-refractivity contribution in [3.63, 3.8) is 0 Å². The van der Waals surface area contributed by atoms with E-state index in [1.165, 1.54) is 43.5 Å². The summed E-state index contributed by atoms with van der Waals surface area (Å²) in [6.45, 7) is 2.12. The van der Waals surface area contributed by atoms with E-state index in [2.05, 4.69) is 21.5 Å². The Morgan fingerprint density at radius 1 is 1.00 bits per heavy atom. The number of carbonyl (C=O) groups excluding carboxylic acids is 2. The van der Waals surface area contributed by atoms with E-state index in [9.17, 15) is 18.0 Å².